The molecule has 3 saturated heterocycles. The van der Waals surface area contributed by atoms with Gasteiger partial charge in [0.2, 0.25) is 5.91 Å². The van der Waals surface area contributed by atoms with Crippen molar-refractivity contribution in [3.8, 4) is 0 Å². The van der Waals surface area contributed by atoms with Gasteiger partial charge in [-0.3, -0.25) is 14.4 Å². The molecule has 0 aliphatic carbocycles. The maximum atomic E-state index is 13.5. The molecule has 8 nitrogen and oxygen atoms in total. The maximum Gasteiger partial charge on any atom is 0.256 e. The molecule has 8 heteroatoms. The zero-order valence-electron chi connectivity index (χ0n) is 19.7. The highest BCUT2D eigenvalue weighted by Gasteiger charge is 2.42. The van der Waals surface area contributed by atoms with Gasteiger partial charge >= 0.3 is 0 Å². The van der Waals surface area contributed by atoms with Crippen LogP contribution in [0.15, 0.2) is 48.5 Å². The minimum Gasteiger partial charge on any atom is -0.347 e. The van der Waals surface area contributed by atoms with Crippen LogP contribution in [-0.2, 0) is 20.8 Å². The predicted octanol–water partition coefficient (Wildman–Crippen LogP) is 2.82. The molecule has 1 spiro atoms. The minimum absolute atomic E-state index is 0.00668. The first-order valence-electron chi connectivity index (χ1n) is 12.4. The van der Waals surface area contributed by atoms with Crippen LogP contribution in [0, 0.1) is 0 Å². The van der Waals surface area contributed by atoms with Crippen LogP contribution >= 0.6 is 0 Å². The number of likely N-dealkylation sites (tertiary alicyclic amines) is 1. The van der Waals surface area contributed by atoms with Crippen LogP contribution in [0.5, 0.6) is 0 Å². The molecular weight excluding hydrogens is 446 g/mol. The summed E-state index contributed by atoms with van der Waals surface area (Å²) >= 11 is 0. The van der Waals surface area contributed by atoms with Crippen molar-refractivity contribution >= 4 is 23.4 Å². The van der Waals surface area contributed by atoms with Gasteiger partial charge in [0.15, 0.2) is 5.79 Å². The van der Waals surface area contributed by atoms with Gasteiger partial charge in [0, 0.05) is 38.0 Å². The molecule has 4 aliphatic heterocycles. The Morgan fingerprint density at radius 1 is 0.943 bits per heavy atom. The Kier molecular flexibility index (Phi) is 5.57. The smallest absolute Gasteiger partial charge is 0.256 e. The van der Waals surface area contributed by atoms with E-state index in [1.54, 1.807) is 15.9 Å². The molecule has 4 aliphatic rings. The Balaban J connectivity index is 1.19. The maximum absolute atomic E-state index is 13.5. The van der Waals surface area contributed by atoms with Crippen LogP contribution in [0.1, 0.15) is 52.0 Å². The number of nitrogens with zero attached hydrogens (tertiary/aromatic N) is 3. The number of benzene rings is 2. The highest BCUT2D eigenvalue weighted by molar-refractivity contribution is 6.11. The molecule has 0 N–H and O–H groups in total. The first-order valence-corrected chi connectivity index (χ1v) is 12.4. The van der Waals surface area contributed by atoms with Crippen molar-refractivity contribution in [2.75, 3.05) is 37.7 Å². The number of fused-ring (bicyclic) bond motifs is 2. The number of piperidine rings is 1. The van der Waals surface area contributed by atoms with Gasteiger partial charge < -0.3 is 24.2 Å². The molecule has 6 rings (SSSR count). The molecule has 2 aromatic rings. The fraction of sp³-hybridized carbons (Fsp3) is 0.444. The molecule has 0 radical (unpaired) electrons. The van der Waals surface area contributed by atoms with E-state index in [1.807, 2.05) is 47.4 Å². The summed E-state index contributed by atoms with van der Waals surface area (Å²) in [5.74, 6) is -0.628. The number of hydrogen-bond donors (Lipinski definition) is 0. The molecule has 1 unspecified atom stereocenters. The van der Waals surface area contributed by atoms with Crippen molar-refractivity contribution in [1.29, 1.82) is 0 Å². The van der Waals surface area contributed by atoms with Crippen LogP contribution in [0.25, 0.3) is 0 Å². The zero-order chi connectivity index (χ0) is 24.0. The Morgan fingerprint density at radius 2 is 1.66 bits per heavy atom. The van der Waals surface area contributed by atoms with E-state index in [-0.39, 0.29) is 17.7 Å². The lowest BCUT2D eigenvalue weighted by Gasteiger charge is -2.37. The number of anilines is 1. The molecule has 3 fully saturated rings. The second-order valence-electron chi connectivity index (χ2n) is 9.69. The lowest BCUT2D eigenvalue weighted by Crippen LogP contribution is -2.47. The first-order chi connectivity index (χ1) is 17.0. The normalized spacial score (nSPS) is 23.4. The van der Waals surface area contributed by atoms with Crippen molar-refractivity contribution in [2.45, 2.75) is 44.1 Å². The molecular formula is C27H29N3O5. The monoisotopic (exact) mass is 475 g/mol. The molecule has 182 valence electrons. The van der Waals surface area contributed by atoms with E-state index in [1.165, 1.54) is 0 Å². The summed E-state index contributed by atoms with van der Waals surface area (Å²) in [5.41, 5.74) is 2.75. The summed E-state index contributed by atoms with van der Waals surface area (Å²) in [6, 6.07) is 14.4. The lowest BCUT2D eigenvalue weighted by molar-refractivity contribution is -0.181. The number of carbonyl (C=O) groups excluding carboxylic acids is 3. The highest BCUT2D eigenvalue weighted by Crippen LogP contribution is 2.34. The second kappa shape index (κ2) is 8.77. The number of para-hydroxylation sites is 1. The number of ether oxygens (including phenoxy) is 2. The predicted molar refractivity (Wildman–Crippen MR) is 128 cm³/mol. The van der Waals surface area contributed by atoms with Crippen molar-refractivity contribution in [3.63, 3.8) is 0 Å². The fourth-order valence-electron chi connectivity index (χ4n) is 5.73. The van der Waals surface area contributed by atoms with Crippen molar-refractivity contribution in [3.05, 3.63) is 65.2 Å². The van der Waals surface area contributed by atoms with E-state index in [0.29, 0.717) is 75.5 Å². The van der Waals surface area contributed by atoms with Crippen molar-refractivity contribution < 1.29 is 23.9 Å². The summed E-state index contributed by atoms with van der Waals surface area (Å²) in [6.45, 7) is 3.41. The van der Waals surface area contributed by atoms with Gasteiger partial charge in [-0.15, -0.1) is 0 Å². The fourth-order valence-corrected chi connectivity index (χ4v) is 5.73. The van der Waals surface area contributed by atoms with Gasteiger partial charge in [0.05, 0.1) is 31.0 Å². The van der Waals surface area contributed by atoms with Gasteiger partial charge in [-0.1, -0.05) is 24.3 Å². The second-order valence-corrected chi connectivity index (χ2v) is 9.69. The number of rotatable bonds is 3. The summed E-state index contributed by atoms with van der Waals surface area (Å²) in [6.07, 6.45) is 2.90. The summed E-state index contributed by atoms with van der Waals surface area (Å²) < 4.78 is 11.5. The zero-order valence-corrected chi connectivity index (χ0v) is 19.7. The van der Waals surface area contributed by atoms with Crippen LogP contribution in [0.3, 0.4) is 0 Å². The van der Waals surface area contributed by atoms with E-state index in [4.69, 9.17) is 9.47 Å². The molecule has 1 atom stereocenters. The SMILES string of the molecule is O=C(c1ccc(CN2C(=O)C3CCCN3C(=O)c3ccccc32)cc1)N1CCC2(CC1)OCCO2. The Hall–Kier alpha value is -3.23. The van der Waals surface area contributed by atoms with Gasteiger partial charge in [-0.05, 0) is 42.7 Å². The quantitative estimate of drug-likeness (QED) is 0.682. The molecule has 3 amide bonds. The third-order valence-corrected chi connectivity index (χ3v) is 7.66. The van der Waals surface area contributed by atoms with Crippen LogP contribution in [0.2, 0.25) is 0 Å². The molecule has 2 aromatic carbocycles. The van der Waals surface area contributed by atoms with Gasteiger partial charge in [0.1, 0.15) is 6.04 Å². The van der Waals surface area contributed by atoms with Crippen molar-refractivity contribution in [2.24, 2.45) is 0 Å². The van der Waals surface area contributed by atoms with Crippen molar-refractivity contribution in [1.82, 2.24) is 9.80 Å². The molecule has 0 bridgehead atoms. The average molecular weight is 476 g/mol. The molecule has 0 aromatic heterocycles. The number of hydrogen-bond acceptors (Lipinski definition) is 5. The van der Waals surface area contributed by atoms with E-state index < -0.39 is 11.8 Å². The van der Waals surface area contributed by atoms with Gasteiger partial charge in [-0.2, -0.15) is 0 Å². The Bertz CT molecular complexity index is 1150. The van der Waals surface area contributed by atoms with E-state index in [2.05, 4.69) is 0 Å². The third-order valence-electron chi connectivity index (χ3n) is 7.66. The third kappa shape index (κ3) is 3.90. The Labute approximate surface area is 204 Å². The van der Waals surface area contributed by atoms with E-state index in [9.17, 15) is 14.4 Å². The van der Waals surface area contributed by atoms with Gasteiger partial charge in [-0.25, -0.2) is 0 Å². The summed E-state index contributed by atoms with van der Waals surface area (Å²) in [7, 11) is 0. The van der Waals surface area contributed by atoms with Crippen LogP contribution in [-0.4, -0.2) is 72.2 Å². The number of amides is 3. The molecule has 0 saturated carbocycles. The van der Waals surface area contributed by atoms with E-state index in [0.717, 1.165) is 12.0 Å². The summed E-state index contributed by atoms with van der Waals surface area (Å²) in [5, 5.41) is 0. The minimum atomic E-state index is -0.507. The van der Waals surface area contributed by atoms with Crippen LogP contribution in [0.4, 0.5) is 5.69 Å². The lowest BCUT2D eigenvalue weighted by atomic mass is 10.0. The van der Waals surface area contributed by atoms with E-state index >= 15 is 0 Å². The topological polar surface area (TPSA) is 79.4 Å². The highest BCUT2D eigenvalue weighted by atomic mass is 16.7. The standard InChI is InChI=1S/C27H29N3O5/c31-24(28-14-11-27(12-15-28)34-16-17-35-27)20-9-7-19(8-10-20)18-30-22-5-2-1-4-21(22)25(32)29-13-3-6-23(29)26(30)33/h1-2,4-5,7-10,23H,3,6,11-18H2. The first kappa shape index (κ1) is 22.2. The van der Waals surface area contributed by atoms with Gasteiger partial charge in [0.25, 0.3) is 11.8 Å². The molecule has 35 heavy (non-hydrogen) atoms. The average Bonchev–Trinajstić information content (AvgIpc) is 3.56. The molecule has 4 heterocycles. The Morgan fingerprint density at radius 3 is 2.40 bits per heavy atom. The summed E-state index contributed by atoms with van der Waals surface area (Å²) in [4.78, 5) is 44.9. The largest absolute Gasteiger partial charge is 0.347 e. The van der Waals surface area contributed by atoms with Crippen LogP contribution < -0.4 is 4.90 Å². The number of carbonyl (C=O) groups is 3.